The third kappa shape index (κ3) is 273. The molecule has 0 unspecified atom stereocenters. The molecule has 12 heavy (non-hydrogen) atoms. The normalized spacial score (nSPS) is 4.00. The summed E-state index contributed by atoms with van der Waals surface area (Å²) in [7, 11) is 0. The lowest BCUT2D eigenvalue weighted by molar-refractivity contribution is -0.402. The number of halogens is 1. The van der Waals surface area contributed by atoms with Crippen LogP contribution in [0.2, 0.25) is 0 Å². The van der Waals surface area contributed by atoms with Crippen LogP contribution >= 0.6 is 0 Å². The second kappa shape index (κ2) is 33.4. The van der Waals surface area contributed by atoms with Gasteiger partial charge < -0.3 is 61.2 Å². The van der Waals surface area contributed by atoms with E-state index in [0.717, 1.165) is 0 Å². The van der Waals surface area contributed by atoms with Gasteiger partial charge in [-0.3, -0.25) is 0 Å². The minimum atomic E-state index is -2.08. The monoisotopic (exact) mass is 212 g/mol. The third-order valence-corrected chi connectivity index (χ3v) is 0. The van der Waals surface area contributed by atoms with Gasteiger partial charge in [0.25, 0.3) is 0 Å². The maximum atomic E-state index is 8.44. The van der Waals surface area contributed by atoms with E-state index in [-0.39, 0.29) is 30.9 Å². The largest absolute Gasteiger partial charge is 1.00 e. The number of carboxylic acid groups (broad SMARTS) is 2. The van der Waals surface area contributed by atoms with E-state index in [9.17, 15) is 0 Å². The lowest BCUT2D eigenvalue weighted by Gasteiger charge is -1.74. The van der Waals surface area contributed by atoms with E-state index in [1.165, 1.54) is 0 Å². The average Bonchev–Trinajstić information content (AvgIpc) is 1.25. The molecule has 0 aliphatic heterocycles. The molecule has 11 heteroatoms. The van der Waals surface area contributed by atoms with E-state index in [1.807, 2.05) is 0 Å². The van der Waals surface area contributed by atoms with Crippen molar-refractivity contribution in [1.82, 2.24) is 18.5 Å². The van der Waals surface area contributed by atoms with E-state index in [2.05, 4.69) is 0 Å². The molecule has 0 saturated carbocycles. The predicted octanol–water partition coefficient (Wildman–Crippen LogP) is -3.22. The lowest BCUT2D eigenvalue weighted by atomic mass is 11.5. The van der Waals surface area contributed by atoms with Gasteiger partial charge in [0.15, 0.2) is 0 Å². The lowest BCUT2D eigenvalue weighted by Crippen LogP contribution is -3.00. The number of carbonyl (C=O) groups is 1. The van der Waals surface area contributed by atoms with Crippen LogP contribution < -0.4 is 36.0 Å². The maximum Gasteiger partial charge on any atom is 0.249 e. The highest BCUT2D eigenvalue weighted by molar-refractivity contribution is 5.50. The van der Waals surface area contributed by atoms with Crippen LogP contribution in [-0.4, -0.2) is 16.3 Å². The molecule has 10 nitrogen and oxygen atoms in total. The number of rotatable bonds is 0. The standard InChI is InChI=1S/CH2O3.ClH.NO3.3H3N/c2-1(3)4;;2-1(3)4;;;/h(H2,2,3,4);1H;;3*1H3/q;;-1;;;/p+1. The fourth-order valence-corrected chi connectivity index (χ4v) is 0. The van der Waals surface area contributed by atoms with Crippen molar-refractivity contribution < 1.29 is 32.5 Å². The Kier molecular flexibility index (Phi) is 128. The first kappa shape index (κ1) is 45.9. The van der Waals surface area contributed by atoms with Gasteiger partial charge in [-0.2, -0.15) is 0 Å². The van der Waals surface area contributed by atoms with Crippen molar-refractivity contribution in [3.8, 4) is 0 Å². The minimum Gasteiger partial charge on any atom is -1.00 e. The SMILES string of the molecule is O=C([O-])O.O=[N+]([O-])[O-].[Cl-].[NH4+].[NH4+].[NH4+]. The van der Waals surface area contributed by atoms with Gasteiger partial charge in [0.1, 0.15) is 0 Å². The first-order valence-electron chi connectivity index (χ1n) is 1.18. The second-order valence-corrected chi connectivity index (χ2v) is 0.490. The van der Waals surface area contributed by atoms with Gasteiger partial charge in [-0.25, -0.2) is 0 Å². The Morgan fingerprint density at radius 1 is 1.17 bits per heavy atom. The second-order valence-electron chi connectivity index (χ2n) is 0.490. The van der Waals surface area contributed by atoms with Gasteiger partial charge in [-0.1, -0.05) is 0 Å². The summed E-state index contributed by atoms with van der Waals surface area (Å²) in [5.74, 6) is 0. The summed E-state index contributed by atoms with van der Waals surface area (Å²) in [5.41, 5.74) is 0. The van der Waals surface area contributed by atoms with Crippen LogP contribution in [0.5, 0.6) is 0 Å². The number of hydrogen-bond acceptors (Lipinski definition) is 5. The molecule has 0 bridgehead atoms. The Hall–Kier alpha value is -1.36. The molecule has 0 rings (SSSR count). The van der Waals surface area contributed by atoms with Crippen molar-refractivity contribution in [2.24, 2.45) is 0 Å². The van der Waals surface area contributed by atoms with Gasteiger partial charge in [0.2, 0.25) is 6.16 Å². The highest BCUT2D eigenvalue weighted by Crippen LogP contribution is 1.44. The summed E-state index contributed by atoms with van der Waals surface area (Å²) in [5, 5.41) is 30.1. The zero-order chi connectivity index (χ0) is 7.15. The van der Waals surface area contributed by atoms with Gasteiger partial charge >= 0.3 is 0 Å². The van der Waals surface area contributed by atoms with Crippen LogP contribution in [0, 0.1) is 15.3 Å². The summed E-state index contributed by atoms with van der Waals surface area (Å²) in [4.78, 5) is 16.7. The van der Waals surface area contributed by atoms with E-state index >= 15 is 0 Å². The first-order chi connectivity index (χ1) is 3.46. The van der Waals surface area contributed by atoms with Gasteiger partial charge in [-0.15, -0.1) is 0 Å². The van der Waals surface area contributed by atoms with Crippen LogP contribution in [0.3, 0.4) is 0 Å². The van der Waals surface area contributed by atoms with Crippen molar-refractivity contribution >= 4 is 6.16 Å². The molecule has 13 N–H and O–H groups in total. The van der Waals surface area contributed by atoms with E-state index in [1.54, 1.807) is 0 Å². The zero-order valence-electron chi connectivity index (χ0n) is 6.81. The van der Waals surface area contributed by atoms with Crippen molar-refractivity contribution in [2.75, 3.05) is 0 Å². The molecule has 0 aromatic rings. The molecule has 0 heterocycles. The molecular formula is CH13ClN4O6. The van der Waals surface area contributed by atoms with Crippen molar-refractivity contribution in [1.29, 1.82) is 0 Å². The fourth-order valence-electron chi connectivity index (χ4n) is 0. The Labute approximate surface area is 73.5 Å². The van der Waals surface area contributed by atoms with E-state index in [4.69, 9.17) is 30.3 Å². The summed E-state index contributed by atoms with van der Waals surface area (Å²) >= 11 is 0. The summed E-state index contributed by atoms with van der Waals surface area (Å²) in [6, 6.07) is 0. The van der Waals surface area contributed by atoms with E-state index < -0.39 is 11.2 Å². The molecule has 0 amide bonds. The molecule has 0 aromatic heterocycles. The quantitative estimate of drug-likeness (QED) is 0.238. The molecule has 0 aliphatic carbocycles. The van der Waals surface area contributed by atoms with Crippen LogP contribution in [0.1, 0.15) is 0 Å². The summed E-state index contributed by atoms with van der Waals surface area (Å²) < 4.78 is 0. The average molecular weight is 213 g/mol. The molecule has 0 aromatic carbocycles. The van der Waals surface area contributed by atoms with Crippen LogP contribution in [0.15, 0.2) is 0 Å². The number of quaternary nitrogens is 3. The predicted molar refractivity (Wildman–Crippen MR) is 36.3 cm³/mol. The van der Waals surface area contributed by atoms with Crippen LogP contribution in [-0.2, 0) is 0 Å². The van der Waals surface area contributed by atoms with Gasteiger partial charge in [0.05, 0.1) is 5.09 Å². The zero-order valence-corrected chi connectivity index (χ0v) is 7.57. The third-order valence-electron chi connectivity index (χ3n) is 0. The Bertz CT molecular complexity index is 77.5. The topological polar surface area (TPSA) is 236 Å². The Balaban J connectivity index is -0.0000000112. The Morgan fingerprint density at radius 3 is 1.17 bits per heavy atom. The number of nitrogens with zero attached hydrogens (tertiary/aromatic N) is 1. The molecular weight excluding hydrogens is 199 g/mol. The Morgan fingerprint density at radius 2 is 1.17 bits per heavy atom. The molecule has 80 valence electrons. The first-order valence-corrected chi connectivity index (χ1v) is 1.18. The van der Waals surface area contributed by atoms with Gasteiger partial charge in [0, 0.05) is 0 Å². The minimum absolute atomic E-state index is 0. The van der Waals surface area contributed by atoms with E-state index in [0.29, 0.717) is 0 Å². The smallest absolute Gasteiger partial charge is 0.249 e. The van der Waals surface area contributed by atoms with Gasteiger partial charge in [-0.05, 0) is 0 Å². The van der Waals surface area contributed by atoms with Crippen LogP contribution in [0.4, 0.5) is 4.79 Å². The van der Waals surface area contributed by atoms with Crippen molar-refractivity contribution in [3.05, 3.63) is 15.3 Å². The molecule has 0 spiro atoms. The molecule has 0 fully saturated rings. The maximum absolute atomic E-state index is 8.44. The summed E-state index contributed by atoms with van der Waals surface area (Å²) in [6.07, 6.45) is -2.08. The molecule has 0 aliphatic rings. The number of hydrogen-bond donors (Lipinski definition) is 4. The van der Waals surface area contributed by atoms with Crippen molar-refractivity contribution in [2.45, 2.75) is 0 Å². The molecule has 0 atom stereocenters. The highest BCUT2D eigenvalue weighted by Gasteiger charge is 1.51. The summed E-state index contributed by atoms with van der Waals surface area (Å²) in [6.45, 7) is 0. The molecule has 0 radical (unpaired) electrons. The van der Waals surface area contributed by atoms with Crippen LogP contribution in [0.25, 0.3) is 0 Å². The van der Waals surface area contributed by atoms with Crippen molar-refractivity contribution in [3.63, 3.8) is 0 Å². The fraction of sp³-hybridized carbons (Fsp3) is 0. The highest BCUT2D eigenvalue weighted by atomic mass is 35.5. The molecule has 0 saturated heterocycles.